The highest BCUT2D eigenvalue weighted by molar-refractivity contribution is 6.00. The fourth-order valence-corrected chi connectivity index (χ4v) is 1.95. The van der Waals surface area contributed by atoms with Crippen molar-refractivity contribution in [1.29, 1.82) is 0 Å². The van der Waals surface area contributed by atoms with Crippen molar-refractivity contribution in [2.24, 2.45) is 5.10 Å². The molecule has 0 spiro atoms. The minimum atomic E-state index is -0.376. The van der Waals surface area contributed by atoms with Crippen molar-refractivity contribution in [3.8, 4) is 5.69 Å². The third kappa shape index (κ3) is 2.95. The predicted molar refractivity (Wildman–Crippen MR) is 81.9 cm³/mol. The van der Waals surface area contributed by atoms with Crippen LogP contribution < -0.4 is 5.43 Å². The minimum absolute atomic E-state index is 0.229. The summed E-state index contributed by atoms with van der Waals surface area (Å²) in [5, 5.41) is 4.08. The number of benzene rings is 1. The summed E-state index contributed by atoms with van der Waals surface area (Å²) in [4.78, 5) is 15.7. The first-order valence-electron chi connectivity index (χ1n) is 6.71. The molecule has 0 bridgehead atoms. The Labute approximate surface area is 127 Å². The maximum absolute atomic E-state index is 11.7. The van der Waals surface area contributed by atoms with Gasteiger partial charge in [-0.2, -0.15) is 5.10 Å². The van der Waals surface area contributed by atoms with Gasteiger partial charge in [0.05, 0.1) is 18.3 Å². The summed E-state index contributed by atoms with van der Waals surface area (Å²) in [7, 11) is 0. The van der Waals surface area contributed by atoms with E-state index in [9.17, 15) is 4.79 Å². The third-order valence-corrected chi connectivity index (χ3v) is 3.16. The van der Waals surface area contributed by atoms with Crippen LogP contribution in [0.25, 0.3) is 5.69 Å². The Kier molecular flexibility index (Phi) is 3.82. The molecule has 0 fully saturated rings. The van der Waals surface area contributed by atoms with E-state index in [1.807, 2.05) is 42.0 Å². The Morgan fingerprint density at radius 3 is 2.73 bits per heavy atom. The van der Waals surface area contributed by atoms with Gasteiger partial charge in [0, 0.05) is 18.1 Å². The van der Waals surface area contributed by atoms with E-state index in [-0.39, 0.29) is 11.7 Å². The average molecular weight is 294 g/mol. The Hall–Kier alpha value is -3.15. The molecule has 1 N–H and O–H groups in total. The van der Waals surface area contributed by atoms with Crippen molar-refractivity contribution in [3.63, 3.8) is 0 Å². The largest absolute Gasteiger partial charge is 0.459 e. The molecule has 6 heteroatoms. The summed E-state index contributed by atoms with van der Waals surface area (Å²) < 4.78 is 6.91. The number of carbonyl (C=O) groups excluding carboxylic acids is 1. The molecule has 3 rings (SSSR count). The number of nitrogens with zero attached hydrogens (tertiary/aromatic N) is 3. The van der Waals surface area contributed by atoms with Crippen LogP contribution in [0.15, 0.2) is 70.9 Å². The number of furan rings is 1. The molecule has 6 nitrogen and oxygen atoms in total. The molecule has 1 amide bonds. The molecule has 22 heavy (non-hydrogen) atoms. The van der Waals surface area contributed by atoms with Crippen molar-refractivity contribution < 1.29 is 9.21 Å². The van der Waals surface area contributed by atoms with Crippen LogP contribution in [-0.2, 0) is 0 Å². The zero-order valence-electron chi connectivity index (χ0n) is 11.9. The van der Waals surface area contributed by atoms with E-state index < -0.39 is 0 Å². The van der Waals surface area contributed by atoms with Crippen LogP contribution in [0.5, 0.6) is 0 Å². The second kappa shape index (κ2) is 6.09. The van der Waals surface area contributed by atoms with Gasteiger partial charge >= 0.3 is 5.91 Å². The Balaban J connectivity index is 1.70. The number of hydrazone groups is 1. The Morgan fingerprint density at radius 2 is 2.09 bits per heavy atom. The van der Waals surface area contributed by atoms with Gasteiger partial charge in [-0.05, 0) is 36.8 Å². The number of carbonyl (C=O) groups is 1. The quantitative estimate of drug-likeness (QED) is 0.594. The second-order valence-electron chi connectivity index (χ2n) is 4.63. The first kappa shape index (κ1) is 13.8. The van der Waals surface area contributed by atoms with Gasteiger partial charge in [-0.1, -0.05) is 12.1 Å². The van der Waals surface area contributed by atoms with Crippen molar-refractivity contribution >= 4 is 11.6 Å². The smallest absolute Gasteiger partial charge is 0.307 e. The zero-order valence-corrected chi connectivity index (χ0v) is 11.9. The highest BCUT2D eigenvalue weighted by Gasteiger charge is 2.07. The highest BCUT2D eigenvalue weighted by Crippen LogP contribution is 2.10. The third-order valence-electron chi connectivity index (χ3n) is 3.16. The zero-order chi connectivity index (χ0) is 15.4. The lowest BCUT2D eigenvalue weighted by atomic mass is 10.1. The normalized spacial score (nSPS) is 11.4. The molecule has 0 aliphatic heterocycles. The van der Waals surface area contributed by atoms with Crippen LogP contribution in [0.1, 0.15) is 23.0 Å². The summed E-state index contributed by atoms with van der Waals surface area (Å²) in [6.45, 7) is 1.83. The number of hydrogen-bond acceptors (Lipinski definition) is 4. The Morgan fingerprint density at radius 1 is 1.27 bits per heavy atom. The lowest BCUT2D eigenvalue weighted by Crippen LogP contribution is -2.18. The lowest BCUT2D eigenvalue weighted by Gasteiger charge is -2.05. The van der Waals surface area contributed by atoms with E-state index in [0.717, 1.165) is 11.3 Å². The van der Waals surface area contributed by atoms with Gasteiger partial charge in [-0.25, -0.2) is 10.4 Å². The molecular formula is C16H14N4O2. The van der Waals surface area contributed by atoms with Gasteiger partial charge in [0.15, 0.2) is 5.76 Å². The van der Waals surface area contributed by atoms with Gasteiger partial charge < -0.3 is 8.98 Å². The van der Waals surface area contributed by atoms with Crippen molar-refractivity contribution in [2.45, 2.75) is 6.92 Å². The van der Waals surface area contributed by atoms with Crippen LogP contribution in [-0.4, -0.2) is 21.2 Å². The molecule has 0 unspecified atom stereocenters. The van der Waals surface area contributed by atoms with Gasteiger partial charge in [0.25, 0.3) is 0 Å². The van der Waals surface area contributed by atoms with E-state index >= 15 is 0 Å². The molecule has 0 aliphatic rings. The number of rotatable bonds is 4. The minimum Gasteiger partial charge on any atom is -0.459 e. The van der Waals surface area contributed by atoms with E-state index in [1.54, 1.807) is 24.7 Å². The van der Waals surface area contributed by atoms with Gasteiger partial charge in [0.1, 0.15) is 0 Å². The molecule has 3 aromatic rings. The van der Waals surface area contributed by atoms with Crippen LogP contribution >= 0.6 is 0 Å². The van der Waals surface area contributed by atoms with Crippen LogP contribution in [0, 0.1) is 0 Å². The fraction of sp³-hybridized carbons (Fsp3) is 0.0625. The maximum atomic E-state index is 11.7. The van der Waals surface area contributed by atoms with Crippen molar-refractivity contribution in [1.82, 2.24) is 15.0 Å². The molecule has 2 heterocycles. The summed E-state index contributed by atoms with van der Waals surface area (Å²) in [5.41, 5.74) is 5.10. The summed E-state index contributed by atoms with van der Waals surface area (Å²) in [6.07, 6.45) is 6.78. The second-order valence-corrected chi connectivity index (χ2v) is 4.63. The first-order chi connectivity index (χ1) is 10.7. The fourth-order valence-electron chi connectivity index (χ4n) is 1.95. The standard InChI is InChI=1S/C16H14N4O2/c1-12(18-19-16(21)15-3-2-10-22-15)13-4-6-14(7-5-13)20-9-8-17-11-20/h2-11H,1H3,(H,19,21)/b18-12-. The molecule has 0 radical (unpaired) electrons. The van der Waals surface area contributed by atoms with Crippen LogP contribution in [0.2, 0.25) is 0 Å². The van der Waals surface area contributed by atoms with E-state index in [4.69, 9.17) is 4.42 Å². The number of imidazole rings is 1. The van der Waals surface area contributed by atoms with Crippen molar-refractivity contribution in [2.75, 3.05) is 0 Å². The first-order valence-corrected chi connectivity index (χ1v) is 6.71. The van der Waals surface area contributed by atoms with E-state index in [1.165, 1.54) is 6.26 Å². The topological polar surface area (TPSA) is 72.4 Å². The van der Waals surface area contributed by atoms with Gasteiger partial charge in [-0.15, -0.1) is 0 Å². The number of aromatic nitrogens is 2. The van der Waals surface area contributed by atoms with E-state index in [2.05, 4.69) is 15.5 Å². The summed E-state index contributed by atoms with van der Waals surface area (Å²) >= 11 is 0. The highest BCUT2D eigenvalue weighted by atomic mass is 16.3. The molecule has 0 atom stereocenters. The number of amides is 1. The maximum Gasteiger partial charge on any atom is 0.307 e. The molecule has 2 aromatic heterocycles. The molecular weight excluding hydrogens is 280 g/mol. The summed E-state index contributed by atoms with van der Waals surface area (Å²) in [6, 6.07) is 11.0. The average Bonchev–Trinajstić information content (AvgIpc) is 3.25. The van der Waals surface area contributed by atoms with Gasteiger partial charge in [0.2, 0.25) is 0 Å². The molecule has 0 saturated carbocycles. The van der Waals surface area contributed by atoms with Gasteiger partial charge in [-0.3, -0.25) is 4.79 Å². The lowest BCUT2D eigenvalue weighted by molar-refractivity contribution is 0.0927. The van der Waals surface area contributed by atoms with Crippen LogP contribution in [0.4, 0.5) is 0 Å². The SMILES string of the molecule is C/C(=N/NC(=O)c1ccco1)c1ccc(-n2ccnc2)cc1. The van der Waals surface area contributed by atoms with E-state index in [0.29, 0.717) is 5.71 Å². The number of nitrogens with one attached hydrogen (secondary N) is 1. The number of hydrogen-bond donors (Lipinski definition) is 1. The summed E-state index contributed by atoms with van der Waals surface area (Å²) in [5.74, 6) is -0.147. The molecule has 0 saturated heterocycles. The predicted octanol–water partition coefficient (Wildman–Crippen LogP) is 2.62. The monoisotopic (exact) mass is 294 g/mol. The van der Waals surface area contributed by atoms with Crippen molar-refractivity contribution in [3.05, 3.63) is 72.7 Å². The Bertz CT molecular complexity index is 772. The molecule has 110 valence electrons. The van der Waals surface area contributed by atoms with Crippen LogP contribution in [0.3, 0.4) is 0 Å². The molecule has 1 aromatic carbocycles. The molecule has 0 aliphatic carbocycles.